The van der Waals surface area contributed by atoms with Crippen molar-refractivity contribution >= 4 is 11.7 Å². The van der Waals surface area contributed by atoms with Crippen molar-refractivity contribution in [3.8, 4) is 11.4 Å². The van der Waals surface area contributed by atoms with Crippen LogP contribution in [0.2, 0.25) is 0 Å². The van der Waals surface area contributed by atoms with Gasteiger partial charge in [-0.15, -0.1) is 10.2 Å². The van der Waals surface area contributed by atoms with Crippen molar-refractivity contribution in [2.75, 3.05) is 5.32 Å². The minimum atomic E-state index is -4.59. The van der Waals surface area contributed by atoms with Crippen molar-refractivity contribution in [2.24, 2.45) is 13.0 Å². The number of anilines is 1. The normalized spacial score (nSPS) is 24.8. The minimum Gasteiger partial charge on any atom is -0.425 e. The summed E-state index contributed by atoms with van der Waals surface area (Å²) in [6.07, 6.45) is 0.174. The van der Waals surface area contributed by atoms with Gasteiger partial charge >= 0.3 is 12.2 Å². The molecule has 1 N–H and O–H groups in total. The van der Waals surface area contributed by atoms with Crippen molar-refractivity contribution in [1.29, 1.82) is 0 Å². The quantitative estimate of drug-likeness (QED) is 0.655. The molecule has 2 bridgehead atoms. The highest BCUT2D eigenvalue weighted by Crippen LogP contribution is 2.55. The molecule has 0 radical (unpaired) electrons. The summed E-state index contributed by atoms with van der Waals surface area (Å²) in [5.74, 6) is 0.673. The Morgan fingerprint density at radius 2 is 2.12 bits per heavy atom. The fraction of sp³-hybridized carbons (Fsp3) is 0.450. The van der Waals surface area contributed by atoms with Crippen LogP contribution < -0.4 is 5.32 Å². The number of carbonyl (C=O) groups is 1. The van der Waals surface area contributed by atoms with Gasteiger partial charge in [0.2, 0.25) is 12.3 Å². The van der Waals surface area contributed by atoms with Gasteiger partial charge in [-0.1, -0.05) is 6.92 Å². The number of nitrogens with zero attached hydrogens (tertiary/aromatic N) is 6. The lowest BCUT2D eigenvalue weighted by Gasteiger charge is -2.61. The van der Waals surface area contributed by atoms with Crippen molar-refractivity contribution in [1.82, 2.24) is 29.9 Å². The number of amides is 2. The van der Waals surface area contributed by atoms with Gasteiger partial charge in [-0.05, 0) is 37.0 Å². The molecule has 2 saturated heterocycles. The maximum Gasteiger partial charge on any atom is 0.417 e. The molecule has 3 fully saturated rings. The molecule has 4 heterocycles. The predicted octanol–water partition coefficient (Wildman–Crippen LogP) is 3.82. The Kier molecular flexibility index (Phi) is 4.50. The molecular formula is C20H20F3N7O2. The maximum absolute atomic E-state index is 13.5. The van der Waals surface area contributed by atoms with E-state index >= 15 is 0 Å². The number of alkyl halides is 3. The summed E-state index contributed by atoms with van der Waals surface area (Å²) in [4.78, 5) is 18.8. The summed E-state index contributed by atoms with van der Waals surface area (Å²) in [5, 5.41) is 14.5. The first-order valence-corrected chi connectivity index (χ1v) is 10.1. The Balaban J connectivity index is 1.46. The molecule has 2 aromatic heterocycles. The zero-order valence-electron chi connectivity index (χ0n) is 17.3. The van der Waals surface area contributed by atoms with Crippen LogP contribution in [-0.2, 0) is 18.8 Å². The van der Waals surface area contributed by atoms with Gasteiger partial charge in [0, 0.05) is 30.8 Å². The van der Waals surface area contributed by atoms with E-state index in [0.717, 1.165) is 12.5 Å². The van der Waals surface area contributed by atoms with Crippen LogP contribution in [0.5, 0.6) is 0 Å². The van der Waals surface area contributed by atoms with Gasteiger partial charge in [0.25, 0.3) is 0 Å². The molecule has 3 aliphatic rings. The summed E-state index contributed by atoms with van der Waals surface area (Å²) < 4.78 is 47.4. The molecule has 9 nitrogen and oxygen atoms in total. The van der Waals surface area contributed by atoms with E-state index in [1.807, 2.05) is 0 Å². The Morgan fingerprint density at radius 1 is 1.31 bits per heavy atom. The monoisotopic (exact) mass is 447 g/mol. The number of piperidine rings is 1. The van der Waals surface area contributed by atoms with Gasteiger partial charge in [0.15, 0.2) is 5.82 Å². The summed E-state index contributed by atoms with van der Waals surface area (Å²) in [7, 11) is 1.57. The van der Waals surface area contributed by atoms with Gasteiger partial charge in [-0.25, -0.2) is 9.78 Å². The third-order valence-electron chi connectivity index (χ3n) is 6.15. The second-order valence-corrected chi connectivity index (χ2v) is 8.48. The maximum atomic E-state index is 13.5. The molecule has 1 saturated carbocycles. The highest BCUT2D eigenvalue weighted by Gasteiger charge is 2.62. The largest absolute Gasteiger partial charge is 0.425 e. The molecule has 2 aliphatic heterocycles. The number of rotatable bonds is 3. The van der Waals surface area contributed by atoms with Crippen molar-refractivity contribution in [3.05, 3.63) is 42.4 Å². The number of nitrogens with one attached hydrogen (secondary N) is 1. The fourth-order valence-electron chi connectivity index (χ4n) is 5.03. The lowest BCUT2D eigenvalue weighted by atomic mass is 9.64. The number of halogens is 3. The fourth-order valence-corrected chi connectivity index (χ4v) is 5.03. The molecule has 32 heavy (non-hydrogen) atoms. The summed E-state index contributed by atoms with van der Waals surface area (Å²) in [5.41, 5.74) is -1.57. The zero-order valence-corrected chi connectivity index (χ0v) is 17.3. The van der Waals surface area contributed by atoms with Crippen LogP contribution >= 0.6 is 0 Å². The van der Waals surface area contributed by atoms with Crippen LogP contribution in [0, 0.1) is 5.92 Å². The van der Waals surface area contributed by atoms with Crippen molar-refractivity contribution in [2.45, 2.75) is 43.9 Å². The molecule has 6 rings (SSSR count). The van der Waals surface area contributed by atoms with Gasteiger partial charge in [0.05, 0.1) is 5.56 Å². The molecule has 0 spiro atoms. The molecular weight excluding hydrogens is 427 g/mol. The van der Waals surface area contributed by atoms with E-state index in [2.05, 4.69) is 32.5 Å². The number of fused-ring (bicyclic) bond motifs is 2. The lowest BCUT2D eigenvalue weighted by molar-refractivity contribution is -0.137. The van der Waals surface area contributed by atoms with Crippen LogP contribution in [0.1, 0.15) is 37.6 Å². The predicted molar refractivity (Wildman–Crippen MR) is 105 cm³/mol. The van der Waals surface area contributed by atoms with E-state index in [9.17, 15) is 18.0 Å². The van der Waals surface area contributed by atoms with Crippen LogP contribution in [0.3, 0.4) is 0 Å². The summed E-state index contributed by atoms with van der Waals surface area (Å²) >= 11 is 0. The van der Waals surface area contributed by atoms with Gasteiger partial charge in [-0.3, -0.25) is 4.68 Å². The molecule has 3 aromatic rings. The Hall–Kier alpha value is -3.44. The van der Waals surface area contributed by atoms with Crippen molar-refractivity contribution < 1.29 is 22.4 Å². The number of urea groups is 1. The molecule has 1 aliphatic carbocycles. The molecule has 3 atom stereocenters. The Labute approximate surface area is 180 Å². The van der Waals surface area contributed by atoms with Crippen LogP contribution in [0.25, 0.3) is 11.4 Å². The van der Waals surface area contributed by atoms with E-state index in [1.165, 1.54) is 29.5 Å². The van der Waals surface area contributed by atoms with Gasteiger partial charge in [-0.2, -0.15) is 18.3 Å². The number of benzene rings is 1. The van der Waals surface area contributed by atoms with E-state index in [1.54, 1.807) is 11.9 Å². The second kappa shape index (κ2) is 7.04. The molecule has 12 heteroatoms. The highest BCUT2D eigenvalue weighted by molar-refractivity contribution is 5.92. The number of aryl methyl sites for hydroxylation is 1. The third-order valence-corrected chi connectivity index (χ3v) is 6.15. The number of hydrogen-bond acceptors (Lipinski definition) is 6. The summed E-state index contributed by atoms with van der Waals surface area (Å²) in [6.45, 7) is 2.11. The molecule has 1 aromatic carbocycles. The van der Waals surface area contributed by atoms with E-state index in [-0.39, 0.29) is 23.1 Å². The van der Waals surface area contributed by atoms with Crippen molar-refractivity contribution in [3.63, 3.8) is 0 Å². The SMILES string of the molecule is C[C@@H]1C[C@H]2C[C@@](c3nnco3)(C1)N2C(=O)Nc1ccc(C(F)(F)F)c(-c2ncn(C)n2)c1. The average Bonchev–Trinajstić information content (AvgIpc) is 3.38. The van der Waals surface area contributed by atoms with Crippen LogP contribution in [0.4, 0.5) is 23.7 Å². The zero-order chi connectivity index (χ0) is 22.7. The van der Waals surface area contributed by atoms with E-state index in [0.29, 0.717) is 24.7 Å². The first-order chi connectivity index (χ1) is 15.2. The molecule has 0 unspecified atom stereocenters. The highest BCUT2D eigenvalue weighted by atomic mass is 19.4. The average molecular weight is 447 g/mol. The Morgan fingerprint density at radius 3 is 2.78 bits per heavy atom. The molecule has 2 amide bonds. The first-order valence-electron chi connectivity index (χ1n) is 10.1. The molecule has 168 valence electrons. The standard InChI is InChI=1S/C20H20F3N7O2/c1-11-5-13-8-19(7-11,17-27-25-10-32-17)30(13)18(31)26-12-3-4-15(20(21,22)23)14(6-12)16-24-9-29(2)28-16/h3-4,6,9-11,13H,5,7-8H2,1-2H3,(H,26,31)/t11-,13+,19-/m1/s1. The number of hydrogen-bond donors (Lipinski definition) is 1. The number of carbonyl (C=O) groups excluding carboxylic acids is 1. The van der Waals surface area contributed by atoms with Gasteiger partial charge in [0.1, 0.15) is 11.9 Å². The Bertz CT molecular complexity index is 1160. The smallest absolute Gasteiger partial charge is 0.417 e. The van der Waals surface area contributed by atoms with Crippen LogP contribution in [-0.4, -0.2) is 41.9 Å². The first kappa shape index (κ1) is 20.5. The number of aromatic nitrogens is 5. The van der Waals surface area contributed by atoms with Crippen LogP contribution in [0.15, 0.2) is 35.3 Å². The topological polar surface area (TPSA) is 102 Å². The second-order valence-electron chi connectivity index (χ2n) is 8.48. The van der Waals surface area contributed by atoms with Gasteiger partial charge < -0.3 is 14.6 Å². The van der Waals surface area contributed by atoms with E-state index in [4.69, 9.17) is 4.42 Å². The lowest BCUT2D eigenvalue weighted by Crippen LogP contribution is -2.70. The van der Waals surface area contributed by atoms with E-state index < -0.39 is 23.3 Å². The minimum absolute atomic E-state index is 0.00275. The summed E-state index contributed by atoms with van der Waals surface area (Å²) in [6, 6.07) is 2.97. The third kappa shape index (κ3) is 3.21.